The van der Waals surface area contributed by atoms with Crippen LogP contribution in [0.5, 0.6) is 0 Å². The van der Waals surface area contributed by atoms with Crippen LogP contribution in [0, 0.1) is 6.92 Å². The summed E-state index contributed by atoms with van der Waals surface area (Å²) in [5.41, 5.74) is 2.46. The van der Waals surface area contributed by atoms with Crippen molar-refractivity contribution in [2.24, 2.45) is 0 Å². The van der Waals surface area contributed by atoms with Gasteiger partial charge in [-0.05, 0) is 47.5 Å². The Labute approximate surface area is 205 Å². The maximum Gasteiger partial charge on any atom is 0.234 e. The van der Waals surface area contributed by atoms with Crippen LogP contribution in [-0.2, 0) is 24.2 Å². The molecule has 2 aromatic carbocycles. The Hall–Kier alpha value is -3.43. The Morgan fingerprint density at radius 1 is 1.09 bits per heavy atom. The molecule has 1 amide bonds. The van der Waals surface area contributed by atoms with E-state index in [1.807, 2.05) is 29.6 Å². The molecule has 0 aliphatic rings. The maximum absolute atomic E-state index is 12.6. The van der Waals surface area contributed by atoms with E-state index in [9.17, 15) is 14.7 Å². The number of aromatic carboxylic acids is 1. The Balaban J connectivity index is 1.46. The number of carbonyl (C=O) groups excluding carboxylic acids is 2. The minimum atomic E-state index is -1.28. The number of carboxylic acids is 1. The lowest BCUT2D eigenvalue weighted by atomic mass is 10.1. The molecular formula is C25H23N4O3S2-. The number of anilines is 1. The minimum absolute atomic E-state index is 0.0208. The summed E-state index contributed by atoms with van der Waals surface area (Å²) in [4.78, 5) is 25.0. The second-order valence-electron chi connectivity index (χ2n) is 7.70. The van der Waals surface area contributed by atoms with E-state index in [-0.39, 0.29) is 17.2 Å². The van der Waals surface area contributed by atoms with Crippen LogP contribution in [0.4, 0.5) is 5.69 Å². The van der Waals surface area contributed by atoms with E-state index >= 15 is 0 Å². The SMILES string of the molecule is Cc1ccc(C(=O)[O-])cc1NC(=O)CSc1nnc(Cc2cccs2)n1CCc1ccccc1. The summed E-state index contributed by atoms with van der Waals surface area (Å²) in [6.45, 7) is 2.51. The molecule has 0 atom stereocenters. The standard InChI is InChI=1S/C25H24N4O3S2/c1-17-9-10-19(24(31)32)14-21(17)26-23(30)16-34-25-28-27-22(15-20-8-5-13-33-20)29(25)12-11-18-6-3-2-4-7-18/h2-10,13-14H,11-12,15-16H2,1H3,(H,26,30)(H,31,32)/p-1. The highest BCUT2D eigenvalue weighted by Gasteiger charge is 2.16. The maximum atomic E-state index is 12.6. The zero-order chi connectivity index (χ0) is 23.9. The smallest absolute Gasteiger partial charge is 0.234 e. The van der Waals surface area contributed by atoms with Crippen molar-refractivity contribution in [3.8, 4) is 0 Å². The molecule has 0 aliphatic heterocycles. The van der Waals surface area contributed by atoms with Gasteiger partial charge in [0.05, 0.1) is 11.7 Å². The molecule has 1 N–H and O–H groups in total. The zero-order valence-corrected chi connectivity index (χ0v) is 20.2. The van der Waals surface area contributed by atoms with Gasteiger partial charge in [-0.25, -0.2) is 0 Å². The lowest BCUT2D eigenvalue weighted by Crippen LogP contribution is -2.23. The second-order valence-corrected chi connectivity index (χ2v) is 9.67. The summed E-state index contributed by atoms with van der Waals surface area (Å²) in [5, 5.41) is 25.4. The van der Waals surface area contributed by atoms with Crippen molar-refractivity contribution in [1.82, 2.24) is 14.8 Å². The predicted octanol–water partition coefficient (Wildman–Crippen LogP) is 3.58. The van der Waals surface area contributed by atoms with Gasteiger partial charge >= 0.3 is 0 Å². The number of carboxylic acid groups (broad SMARTS) is 1. The monoisotopic (exact) mass is 491 g/mol. The number of rotatable bonds is 10. The fourth-order valence-corrected chi connectivity index (χ4v) is 4.92. The molecule has 34 heavy (non-hydrogen) atoms. The van der Waals surface area contributed by atoms with Crippen LogP contribution in [-0.4, -0.2) is 32.4 Å². The van der Waals surface area contributed by atoms with Crippen molar-refractivity contribution in [3.05, 3.63) is 93.4 Å². The molecule has 0 bridgehead atoms. The number of aromatic nitrogens is 3. The first-order chi connectivity index (χ1) is 16.5. The fourth-order valence-electron chi connectivity index (χ4n) is 3.44. The van der Waals surface area contributed by atoms with Gasteiger partial charge < -0.3 is 19.8 Å². The Bertz CT molecular complexity index is 1270. The number of hydrogen-bond acceptors (Lipinski definition) is 7. The number of thiophene rings is 1. The molecule has 4 rings (SSSR count). The first-order valence-electron chi connectivity index (χ1n) is 10.7. The van der Waals surface area contributed by atoms with Gasteiger partial charge in [-0.15, -0.1) is 21.5 Å². The molecule has 0 unspecified atom stereocenters. The second kappa shape index (κ2) is 11.1. The third-order valence-corrected chi connectivity index (χ3v) is 7.10. The Morgan fingerprint density at radius 2 is 1.91 bits per heavy atom. The molecule has 2 aromatic heterocycles. The normalized spacial score (nSPS) is 10.9. The van der Waals surface area contributed by atoms with Crippen LogP contribution < -0.4 is 10.4 Å². The number of amides is 1. The van der Waals surface area contributed by atoms with Crippen molar-refractivity contribution in [3.63, 3.8) is 0 Å². The zero-order valence-electron chi connectivity index (χ0n) is 18.6. The van der Waals surface area contributed by atoms with Crippen LogP contribution in [0.15, 0.2) is 71.2 Å². The number of thioether (sulfide) groups is 1. The largest absolute Gasteiger partial charge is 0.545 e. The third kappa shape index (κ3) is 6.12. The number of benzene rings is 2. The van der Waals surface area contributed by atoms with Crippen LogP contribution >= 0.6 is 23.1 Å². The van der Waals surface area contributed by atoms with Crippen molar-refractivity contribution in [2.75, 3.05) is 11.1 Å². The van der Waals surface area contributed by atoms with E-state index in [1.165, 1.54) is 34.3 Å². The van der Waals surface area contributed by atoms with E-state index in [0.717, 1.165) is 17.8 Å². The first kappa shape index (κ1) is 23.7. The van der Waals surface area contributed by atoms with Gasteiger partial charge in [0.15, 0.2) is 5.16 Å². The molecule has 2 heterocycles. The molecule has 0 saturated carbocycles. The fraction of sp³-hybridized carbons (Fsp3) is 0.200. The molecule has 4 aromatic rings. The summed E-state index contributed by atoms with van der Waals surface area (Å²) in [6, 6.07) is 18.8. The molecular weight excluding hydrogens is 468 g/mol. The molecule has 0 fully saturated rings. The molecule has 0 radical (unpaired) electrons. The van der Waals surface area contributed by atoms with E-state index < -0.39 is 5.97 Å². The third-order valence-electron chi connectivity index (χ3n) is 5.25. The average Bonchev–Trinajstić information content (AvgIpc) is 3.48. The first-order valence-corrected chi connectivity index (χ1v) is 12.6. The van der Waals surface area contributed by atoms with Gasteiger partial charge in [0, 0.05) is 23.5 Å². The summed E-state index contributed by atoms with van der Waals surface area (Å²) in [7, 11) is 0. The lowest BCUT2D eigenvalue weighted by Gasteiger charge is -2.12. The molecule has 0 saturated heterocycles. The molecule has 0 aliphatic carbocycles. The van der Waals surface area contributed by atoms with E-state index in [1.54, 1.807) is 24.3 Å². The summed E-state index contributed by atoms with van der Waals surface area (Å²) in [5.74, 6) is -0.549. The summed E-state index contributed by atoms with van der Waals surface area (Å²) < 4.78 is 2.08. The molecule has 0 spiro atoms. The number of nitrogens with one attached hydrogen (secondary N) is 1. The molecule has 7 nitrogen and oxygen atoms in total. The highest BCUT2D eigenvalue weighted by Crippen LogP contribution is 2.22. The van der Waals surface area contributed by atoms with Crippen molar-refractivity contribution < 1.29 is 14.7 Å². The quantitative estimate of drug-likeness (QED) is 0.341. The van der Waals surface area contributed by atoms with Gasteiger partial charge in [0.25, 0.3) is 0 Å². The Kier molecular flexibility index (Phi) is 7.76. The molecule has 9 heteroatoms. The number of nitrogens with zero attached hydrogens (tertiary/aromatic N) is 3. The molecule has 174 valence electrons. The topological polar surface area (TPSA) is 99.9 Å². The van der Waals surface area contributed by atoms with Crippen LogP contribution in [0.3, 0.4) is 0 Å². The average molecular weight is 492 g/mol. The minimum Gasteiger partial charge on any atom is -0.545 e. The lowest BCUT2D eigenvalue weighted by molar-refractivity contribution is -0.255. The highest BCUT2D eigenvalue weighted by molar-refractivity contribution is 7.99. The van der Waals surface area contributed by atoms with Gasteiger partial charge in [0.1, 0.15) is 5.82 Å². The van der Waals surface area contributed by atoms with E-state index in [0.29, 0.717) is 23.8 Å². The predicted molar refractivity (Wildman–Crippen MR) is 132 cm³/mol. The van der Waals surface area contributed by atoms with Crippen molar-refractivity contribution >= 4 is 40.7 Å². The summed E-state index contributed by atoms with van der Waals surface area (Å²) in [6.07, 6.45) is 1.51. The van der Waals surface area contributed by atoms with Gasteiger partial charge in [-0.3, -0.25) is 4.79 Å². The van der Waals surface area contributed by atoms with Crippen LogP contribution in [0.2, 0.25) is 0 Å². The Morgan fingerprint density at radius 3 is 2.65 bits per heavy atom. The number of aryl methyl sites for hydroxylation is 2. The highest BCUT2D eigenvalue weighted by atomic mass is 32.2. The number of carbonyl (C=O) groups is 2. The van der Waals surface area contributed by atoms with Gasteiger partial charge in [-0.2, -0.15) is 0 Å². The van der Waals surface area contributed by atoms with Gasteiger partial charge in [0.2, 0.25) is 5.91 Å². The van der Waals surface area contributed by atoms with Crippen molar-refractivity contribution in [1.29, 1.82) is 0 Å². The van der Waals surface area contributed by atoms with Gasteiger partial charge in [-0.1, -0.05) is 60.3 Å². The van der Waals surface area contributed by atoms with Crippen molar-refractivity contribution in [2.45, 2.75) is 31.5 Å². The van der Waals surface area contributed by atoms with E-state index in [2.05, 4.69) is 38.3 Å². The van der Waals surface area contributed by atoms with E-state index in [4.69, 9.17) is 0 Å². The van der Waals surface area contributed by atoms with Crippen LogP contribution in [0.1, 0.15) is 32.2 Å². The summed E-state index contributed by atoms with van der Waals surface area (Å²) >= 11 is 2.99. The number of hydrogen-bond donors (Lipinski definition) is 1. The van der Waals surface area contributed by atoms with Crippen LogP contribution in [0.25, 0.3) is 0 Å².